The minimum Gasteiger partial charge on any atom is -0.457 e. The fourth-order valence-electron chi connectivity index (χ4n) is 3.81. The molecule has 2 aromatic heterocycles. The maximum atomic E-state index is 13.5. The highest BCUT2D eigenvalue weighted by atomic mass is 32.1. The summed E-state index contributed by atoms with van der Waals surface area (Å²) < 4.78 is 20.9. The lowest BCUT2D eigenvalue weighted by Gasteiger charge is -2.23. The van der Waals surface area contributed by atoms with Crippen LogP contribution in [0.4, 0.5) is 4.39 Å². The Labute approximate surface area is 202 Å². The monoisotopic (exact) mass is 490 g/mol. The van der Waals surface area contributed by atoms with Gasteiger partial charge in [0.15, 0.2) is 4.80 Å². The number of carbonyl (C=O) groups is 1. The summed E-state index contributed by atoms with van der Waals surface area (Å²) in [7, 11) is 0. The second-order valence-corrected chi connectivity index (χ2v) is 9.70. The van der Waals surface area contributed by atoms with Gasteiger partial charge >= 0.3 is 5.97 Å². The predicted octanol–water partition coefficient (Wildman–Crippen LogP) is 4.18. The molecule has 1 aliphatic rings. The van der Waals surface area contributed by atoms with Crippen LogP contribution in [0.2, 0.25) is 0 Å². The van der Waals surface area contributed by atoms with E-state index in [0.717, 1.165) is 10.4 Å². The molecule has 8 heteroatoms. The number of thiazole rings is 1. The molecule has 5 nitrogen and oxygen atoms in total. The topological polar surface area (TPSA) is 60.7 Å². The van der Waals surface area contributed by atoms with Crippen LogP contribution in [0.5, 0.6) is 0 Å². The van der Waals surface area contributed by atoms with Crippen LogP contribution in [0.1, 0.15) is 29.0 Å². The van der Waals surface area contributed by atoms with Crippen LogP contribution >= 0.6 is 22.7 Å². The molecule has 1 aliphatic heterocycles. The molecule has 170 valence electrons. The van der Waals surface area contributed by atoms with Gasteiger partial charge in [-0.25, -0.2) is 14.2 Å². The van der Waals surface area contributed by atoms with Crippen LogP contribution in [0, 0.1) is 5.82 Å². The van der Waals surface area contributed by atoms with Gasteiger partial charge in [0.2, 0.25) is 0 Å². The van der Waals surface area contributed by atoms with Crippen molar-refractivity contribution in [3.63, 3.8) is 0 Å². The first-order valence-electron chi connectivity index (χ1n) is 10.5. The average molecular weight is 491 g/mol. The minimum atomic E-state index is -0.630. The highest BCUT2D eigenvalue weighted by Crippen LogP contribution is 2.33. The van der Waals surface area contributed by atoms with Gasteiger partial charge in [0.05, 0.1) is 15.8 Å². The molecule has 5 rings (SSSR count). The SMILES string of the molecule is CC1=C(C(=O)OCc2ccccc2)C(c2cccs2)n2c(s/c(=C\c3ccc(F)cc3)c2=O)=N1. The van der Waals surface area contributed by atoms with Crippen LogP contribution < -0.4 is 14.9 Å². The molecule has 0 amide bonds. The highest BCUT2D eigenvalue weighted by molar-refractivity contribution is 7.10. The van der Waals surface area contributed by atoms with Gasteiger partial charge in [-0.1, -0.05) is 59.9 Å². The number of aromatic nitrogens is 1. The number of esters is 1. The number of carbonyl (C=O) groups excluding carboxylic acids is 1. The molecule has 0 N–H and O–H groups in total. The molecule has 1 atom stereocenters. The Bertz CT molecular complexity index is 1550. The van der Waals surface area contributed by atoms with Crippen molar-refractivity contribution >= 4 is 34.7 Å². The molecule has 4 aromatic rings. The summed E-state index contributed by atoms with van der Waals surface area (Å²) >= 11 is 2.71. The summed E-state index contributed by atoms with van der Waals surface area (Å²) in [4.78, 5) is 32.7. The van der Waals surface area contributed by atoms with E-state index in [0.29, 0.717) is 26.2 Å². The smallest absolute Gasteiger partial charge is 0.338 e. The van der Waals surface area contributed by atoms with Crippen LogP contribution in [0.3, 0.4) is 0 Å². The second kappa shape index (κ2) is 9.32. The third-order valence-electron chi connectivity index (χ3n) is 5.43. The molecule has 0 bridgehead atoms. The zero-order valence-corrected chi connectivity index (χ0v) is 19.7. The van der Waals surface area contributed by atoms with Gasteiger partial charge in [-0.05, 0) is 47.7 Å². The Balaban J connectivity index is 1.58. The standard InChI is InChI=1S/C26H19FN2O3S2/c1-16-22(25(31)32-15-18-6-3-2-4-7-18)23(20-8-5-13-33-20)29-24(30)21(34-26(29)28-16)14-17-9-11-19(27)12-10-17/h2-14,23H,15H2,1H3/b21-14-. The summed E-state index contributed by atoms with van der Waals surface area (Å²) in [6.45, 7) is 1.89. The van der Waals surface area contributed by atoms with Crippen molar-refractivity contribution in [2.75, 3.05) is 0 Å². The summed E-state index contributed by atoms with van der Waals surface area (Å²) in [5.41, 5.74) is 2.19. The van der Waals surface area contributed by atoms with E-state index in [1.807, 2.05) is 47.8 Å². The lowest BCUT2D eigenvalue weighted by molar-refractivity contribution is -0.140. The number of hydrogen-bond acceptors (Lipinski definition) is 6. The molecule has 0 saturated heterocycles. The van der Waals surface area contributed by atoms with E-state index in [9.17, 15) is 14.0 Å². The number of halogens is 1. The molecule has 34 heavy (non-hydrogen) atoms. The van der Waals surface area contributed by atoms with Crippen LogP contribution in [0.25, 0.3) is 6.08 Å². The van der Waals surface area contributed by atoms with E-state index in [-0.39, 0.29) is 18.0 Å². The van der Waals surface area contributed by atoms with Gasteiger partial charge in [-0.3, -0.25) is 9.36 Å². The fourth-order valence-corrected chi connectivity index (χ4v) is 5.68. The number of allylic oxidation sites excluding steroid dienone is 1. The Morgan fingerprint density at radius 2 is 1.88 bits per heavy atom. The lowest BCUT2D eigenvalue weighted by Crippen LogP contribution is -2.39. The second-order valence-electron chi connectivity index (χ2n) is 7.71. The quantitative estimate of drug-likeness (QED) is 0.395. The number of thiophene rings is 1. The number of hydrogen-bond donors (Lipinski definition) is 0. The molecule has 3 heterocycles. The number of ether oxygens (including phenoxy) is 1. The largest absolute Gasteiger partial charge is 0.457 e. The number of rotatable bonds is 5. The van der Waals surface area contributed by atoms with Crippen LogP contribution in [0.15, 0.2) is 93.2 Å². The molecule has 0 spiro atoms. The van der Waals surface area contributed by atoms with Crippen molar-refractivity contribution in [2.24, 2.45) is 4.99 Å². The van der Waals surface area contributed by atoms with Gasteiger partial charge in [-0.2, -0.15) is 0 Å². The zero-order chi connectivity index (χ0) is 23.7. The molecule has 0 aliphatic carbocycles. The van der Waals surface area contributed by atoms with E-state index in [2.05, 4.69) is 4.99 Å². The summed E-state index contributed by atoms with van der Waals surface area (Å²) in [5, 5.41) is 1.91. The third kappa shape index (κ3) is 4.30. The number of benzene rings is 2. The Hall–Kier alpha value is -3.62. The Morgan fingerprint density at radius 3 is 2.59 bits per heavy atom. The fraction of sp³-hybridized carbons (Fsp3) is 0.115. The van der Waals surface area contributed by atoms with E-state index >= 15 is 0 Å². The highest BCUT2D eigenvalue weighted by Gasteiger charge is 2.34. The molecule has 0 radical (unpaired) electrons. The zero-order valence-electron chi connectivity index (χ0n) is 18.1. The van der Waals surface area contributed by atoms with Crippen molar-refractivity contribution in [1.29, 1.82) is 0 Å². The molecular formula is C26H19FN2O3S2. The van der Waals surface area contributed by atoms with Gasteiger partial charge in [0.1, 0.15) is 18.5 Å². The van der Waals surface area contributed by atoms with Crippen molar-refractivity contribution in [3.8, 4) is 0 Å². The van der Waals surface area contributed by atoms with Gasteiger partial charge in [-0.15, -0.1) is 11.3 Å². The van der Waals surface area contributed by atoms with Gasteiger partial charge < -0.3 is 4.74 Å². The Kier molecular flexibility index (Phi) is 6.08. The maximum absolute atomic E-state index is 13.5. The third-order valence-corrected chi connectivity index (χ3v) is 7.34. The summed E-state index contributed by atoms with van der Waals surface area (Å²) in [5.74, 6) is -0.845. The lowest BCUT2D eigenvalue weighted by atomic mass is 10.0. The van der Waals surface area contributed by atoms with Crippen molar-refractivity contribution in [3.05, 3.63) is 125 Å². The van der Waals surface area contributed by atoms with Crippen LogP contribution in [-0.2, 0) is 16.1 Å². The molecule has 2 aromatic carbocycles. The van der Waals surface area contributed by atoms with Crippen molar-refractivity contribution < 1.29 is 13.9 Å². The number of nitrogens with zero attached hydrogens (tertiary/aromatic N) is 2. The molecule has 0 fully saturated rings. The molecular weight excluding hydrogens is 471 g/mol. The average Bonchev–Trinajstić information content (AvgIpc) is 3.47. The van der Waals surface area contributed by atoms with Crippen molar-refractivity contribution in [2.45, 2.75) is 19.6 Å². The molecule has 0 saturated carbocycles. The normalized spacial score (nSPS) is 15.7. The first-order chi connectivity index (χ1) is 16.5. The van der Waals surface area contributed by atoms with E-state index < -0.39 is 12.0 Å². The van der Waals surface area contributed by atoms with E-state index in [1.165, 1.54) is 34.8 Å². The van der Waals surface area contributed by atoms with Crippen molar-refractivity contribution in [1.82, 2.24) is 4.57 Å². The predicted molar refractivity (Wildman–Crippen MR) is 131 cm³/mol. The van der Waals surface area contributed by atoms with Gasteiger partial charge in [0.25, 0.3) is 5.56 Å². The first-order valence-corrected chi connectivity index (χ1v) is 12.2. The van der Waals surface area contributed by atoms with Gasteiger partial charge in [0, 0.05) is 4.88 Å². The first kappa shape index (κ1) is 22.2. The number of fused-ring (bicyclic) bond motifs is 1. The summed E-state index contributed by atoms with van der Waals surface area (Å²) in [6.07, 6.45) is 1.71. The van der Waals surface area contributed by atoms with E-state index in [4.69, 9.17) is 4.74 Å². The molecule has 1 unspecified atom stereocenters. The van der Waals surface area contributed by atoms with Crippen LogP contribution in [-0.4, -0.2) is 10.5 Å². The minimum absolute atomic E-state index is 0.128. The maximum Gasteiger partial charge on any atom is 0.338 e. The summed E-state index contributed by atoms with van der Waals surface area (Å²) in [6, 6.07) is 18.5. The van der Waals surface area contributed by atoms with E-state index in [1.54, 1.807) is 29.7 Å². The Morgan fingerprint density at radius 1 is 1.12 bits per heavy atom.